The van der Waals surface area contributed by atoms with Gasteiger partial charge in [-0.05, 0) is 37.9 Å². The molecule has 0 fully saturated rings. The zero-order valence-corrected chi connectivity index (χ0v) is 9.98. The molecule has 1 rings (SSSR count). The number of nitrogens with zero attached hydrogens (tertiary/aromatic N) is 1. The lowest BCUT2D eigenvalue weighted by Crippen LogP contribution is -2.13. The van der Waals surface area contributed by atoms with Gasteiger partial charge in [0, 0.05) is 11.0 Å². The van der Waals surface area contributed by atoms with Gasteiger partial charge in [0.05, 0.1) is 5.56 Å². The van der Waals surface area contributed by atoms with Gasteiger partial charge in [0.15, 0.2) is 0 Å². The van der Waals surface area contributed by atoms with Crippen molar-refractivity contribution in [2.45, 2.75) is 12.7 Å². The maximum absolute atomic E-state index is 12.4. The van der Waals surface area contributed by atoms with Crippen molar-refractivity contribution < 1.29 is 13.2 Å². The highest BCUT2D eigenvalue weighted by molar-refractivity contribution is 9.10. The quantitative estimate of drug-likeness (QED) is 0.802. The molecule has 0 saturated heterocycles. The van der Waals surface area contributed by atoms with Crippen molar-refractivity contribution in [3.63, 3.8) is 0 Å². The van der Waals surface area contributed by atoms with E-state index in [0.717, 1.165) is 6.07 Å². The van der Waals surface area contributed by atoms with E-state index in [9.17, 15) is 13.2 Å². The van der Waals surface area contributed by atoms with E-state index in [0.29, 0.717) is 16.6 Å². The molecule has 84 valence electrons. The maximum Gasteiger partial charge on any atom is 0.416 e. The van der Waals surface area contributed by atoms with Gasteiger partial charge >= 0.3 is 6.18 Å². The molecule has 15 heavy (non-hydrogen) atoms. The lowest BCUT2D eigenvalue weighted by Gasteiger charge is -2.14. The van der Waals surface area contributed by atoms with Crippen LogP contribution >= 0.6 is 15.9 Å². The molecule has 0 aliphatic heterocycles. The van der Waals surface area contributed by atoms with Gasteiger partial charge in [-0.2, -0.15) is 13.2 Å². The molecule has 0 N–H and O–H groups in total. The van der Waals surface area contributed by atoms with Crippen molar-refractivity contribution >= 4 is 15.9 Å². The van der Waals surface area contributed by atoms with E-state index in [-0.39, 0.29) is 0 Å². The largest absolute Gasteiger partial charge is 0.416 e. The molecule has 0 unspecified atom stereocenters. The van der Waals surface area contributed by atoms with Crippen molar-refractivity contribution in [2.75, 3.05) is 14.1 Å². The Labute approximate surface area is 95.0 Å². The fraction of sp³-hybridized carbons (Fsp3) is 0.400. The topological polar surface area (TPSA) is 3.24 Å². The molecule has 0 spiro atoms. The normalized spacial score (nSPS) is 12.2. The fourth-order valence-electron chi connectivity index (χ4n) is 1.21. The monoisotopic (exact) mass is 281 g/mol. The van der Waals surface area contributed by atoms with E-state index >= 15 is 0 Å². The van der Waals surface area contributed by atoms with Gasteiger partial charge in [0.2, 0.25) is 0 Å². The van der Waals surface area contributed by atoms with Crippen molar-refractivity contribution in [1.82, 2.24) is 4.90 Å². The van der Waals surface area contributed by atoms with Gasteiger partial charge in [-0.1, -0.05) is 15.9 Å². The Morgan fingerprint density at radius 2 is 1.87 bits per heavy atom. The molecule has 0 aliphatic rings. The molecular formula is C10H11BrF3N. The highest BCUT2D eigenvalue weighted by atomic mass is 79.9. The number of hydrogen-bond acceptors (Lipinski definition) is 1. The molecule has 0 bridgehead atoms. The predicted molar refractivity (Wildman–Crippen MR) is 56.5 cm³/mol. The zero-order chi connectivity index (χ0) is 11.6. The molecule has 0 aromatic heterocycles. The van der Waals surface area contributed by atoms with E-state index < -0.39 is 11.7 Å². The second-order valence-electron chi connectivity index (χ2n) is 3.54. The van der Waals surface area contributed by atoms with Crippen LogP contribution < -0.4 is 0 Å². The summed E-state index contributed by atoms with van der Waals surface area (Å²) in [4.78, 5) is 1.82. The lowest BCUT2D eigenvalue weighted by molar-refractivity contribution is -0.137. The molecule has 1 aromatic carbocycles. The molecule has 0 aliphatic carbocycles. The number of halogens is 4. The van der Waals surface area contributed by atoms with E-state index in [2.05, 4.69) is 15.9 Å². The van der Waals surface area contributed by atoms with Crippen LogP contribution in [0.5, 0.6) is 0 Å². The molecule has 1 nitrogen and oxygen atoms in total. The second-order valence-corrected chi connectivity index (χ2v) is 4.40. The molecule has 1 aromatic rings. The van der Waals surface area contributed by atoms with E-state index in [1.165, 1.54) is 12.1 Å². The summed E-state index contributed by atoms with van der Waals surface area (Å²) in [5.41, 5.74) is 0.0253. The summed E-state index contributed by atoms with van der Waals surface area (Å²) in [6, 6.07) is 3.68. The maximum atomic E-state index is 12.4. The van der Waals surface area contributed by atoms with Crippen LogP contribution in [0.25, 0.3) is 0 Å². The van der Waals surface area contributed by atoms with Gasteiger partial charge < -0.3 is 4.90 Å². The van der Waals surface area contributed by atoms with Gasteiger partial charge in [-0.15, -0.1) is 0 Å². The highest BCUT2D eigenvalue weighted by Gasteiger charge is 2.30. The standard InChI is InChI=1S/C10H11BrF3N/c1-15(2)6-7-5-8(10(12,13)14)3-4-9(7)11/h3-5H,6H2,1-2H3. The van der Waals surface area contributed by atoms with Crippen LogP contribution in [-0.2, 0) is 12.7 Å². The van der Waals surface area contributed by atoms with Crippen molar-refractivity contribution in [2.24, 2.45) is 0 Å². The first-order chi connectivity index (χ1) is 6.80. The minimum atomic E-state index is -4.28. The van der Waals surface area contributed by atoms with Crippen molar-refractivity contribution in [3.8, 4) is 0 Å². The predicted octanol–water partition coefficient (Wildman–Crippen LogP) is 3.53. The SMILES string of the molecule is CN(C)Cc1cc(C(F)(F)F)ccc1Br. The number of alkyl halides is 3. The summed E-state index contributed by atoms with van der Waals surface area (Å²) in [6.07, 6.45) is -4.28. The van der Waals surface area contributed by atoms with Gasteiger partial charge in [-0.25, -0.2) is 0 Å². The third-order valence-electron chi connectivity index (χ3n) is 1.86. The third kappa shape index (κ3) is 3.50. The number of benzene rings is 1. The van der Waals surface area contributed by atoms with E-state index in [4.69, 9.17) is 0 Å². The van der Waals surface area contributed by atoms with Crippen LogP contribution in [0.4, 0.5) is 13.2 Å². The summed E-state index contributed by atoms with van der Waals surface area (Å²) in [6.45, 7) is 0.477. The van der Waals surface area contributed by atoms with Gasteiger partial charge in [0.25, 0.3) is 0 Å². The first-order valence-electron chi connectivity index (χ1n) is 4.31. The van der Waals surface area contributed by atoms with Crippen LogP contribution in [0.15, 0.2) is 22.7 Å². The van der Waals surface area contributed by atoms with Gasteiger partial charge in [-0.3, -0.25) is 0 Å². The highest BCUT2D eigenvalue weighted by Crippen LogP contribution is 2.32. The molecule has 0 atom stereocenters. The summed E-state index contributed by atoms with van der Waals surface area (Å²) < 4.78 is 37.9. The Morgan fingerprint density at radius 3 is 2.33 bits per heavy atom. The summed E-state index contributed by atoms with van der Waals surface area (Å²) in [5, 5.41) is 0. The van der Waals surface area contributed by atoms with Crippen LogP contribution in [0.1, 0.15) is 11.1 Å². The molecule has 0 amide bonds. The molecule has 0 heterocycles. The fourth-order valence-corrected chi connectivity index (χ4v) is 1.58. The molecular weight excluding hydrogens is 271 g/mol. The minimum absolute atomic E-state index is 0.477. The van der Waals surface area contributed by atoms with Crippen molar-refractivity contribution in [1.29, 1.82) is 0 Å². The molecule has 5 heteroatoms. The first-order valence-corrected chi connectivity index (χ1v) is 5.10. The zero-order valence-electron chi connectivity index (χ0n) is 8.40. The smallest absolute Gasteiger partial charge is 0.305 e. The number of rotatable bonds is 2. The first kappa shape index (κ1) is 12.5. The van der Waals surface area contributed by atoms with Crippen LogP contribution in [0.2, 0.25) is 0 Å². The van der Waals surface area contributed by atoms with Crippen LogP contribution in [0, 0.1) is 0 Å². The Kier molecular flexibility index (Phi) is 3.78. The van der Waals surface area contributed by atoms with Crippen LogP contribution in [0.3, 0.4) is 0 Å². The summed E-state index contributed by atoms with van der Waals surface area (Å²) >= 11 is 3.23. The minimum Gasteiger partial charge on any atom is -0.305 e. The molecule has 0 saturated carbocycles. The van der Waals surface area contributed by atoms with E-state index in [1.54, 1.807) is 0 Å². The third-order valence-corrected chi connectivity index (χ3v) is 2.63. The summed E-state index contributed by atoms with van der Waals surface area (Å²) in [7, 11) is 3.62. The average molecular weight is 282 g/mol. The van der Waals surface area contributed by atoms with Crippen molar-refractivity contribution in [3.05, 3.63) is 33.8 Å². The Bertz CT molecular complexity index is 347. The van der Waals surface area contributed by atoms with E-state index in [1.807, 2.05) is 19.0 Å². The van der Waals surface area contributed by atoms with Crippen LogP contribution in [-0.4, -0.2) is 19.0 Å². The lowest BCUT2D eigenvalue weighted by atomic mass is 10.1. The Balaban J connectivity index is 3.06. The molecule has 0 radical (unpaired) electrons. The summed E-state index contributed by atoms with van der Waals surface area (Å²) in [5.74, 6) is 0. The Morgan fingerprint density at radius 1 is 1.27 bits per heavy atom. The van der Waals surface area contributed by atoms with Gasteiger partial charge in [0.1, 0.15) is 0 Å². The average Bonchev–Trinajstić information content (AvgIpc) is 2.06. The number of hydrogen-bond donors (Lipinski definition) is 0. The Hall–Kier alpha value is -0.550. The second kappa shape index (κ2) is 4.53.